The van der Waals surface area contributed by atoms with Gasteiger partial charge in [0.1, 0.15) is 0 Å². The fourth-order valence-electron chi connectivity index (χ4n) is 2.06. The summed E-state index contributed by atoms with van der Waals surface area (Å²) in [5.41, 5.74) is 8.71. The largest absolute Gasteiger partial charge is 0.454 e. The highest BCUT2D eigenvalue weighted by atomic mass is 79.9. The van der Waals surface area contributed by atoms with Gasteiger partial charge in [0, 0.05) is 23.3 Å². The Morgan fingerprint density at radius 2 is 1.89 bits per heavy atom. The van der Waals surface area contributed by atoms with Gasteiger partial charge in [-0.3, -0.25) is 0 Å². The van der Waals surface area contributed by atoms with Crippen LogP contribution in [0.5, 0.6) is 11.5 Å². The third-order valence-electron chi connectivity index (χ3n) is 3.09. The average Bonchev–Trinajstić information content (AvgIpc) is 2.85. The summed E-state index contributed by atoms with van der Waals surface area (Å²) in [4.78, 5) is 2.02. The molecule has 2 aromatic rings. The zero-order valence-electron chi connectivity index (χ0n) is 10.4. The Morgan fingerprint density at radius 1 is 1.11 bits per heavy atom. The van der Waals surface area contributed by atoms with Crippen LogP contribution in [0.2, 0.25) is 0 Å². The molecule has 3 rings (SSSR count). The molecule has 0 amide bonds. The van der Waals surface area contributed by atoms with Crippen LogP contribution in [0.15, 0.2) is 40.9 Å². The van der Waals surface area contributed by atoms with Crippen LogP contribution in [0.4, 0.5) is 17.1 Å². The van der Waals surface area contributed by atoms with Gasteiger partial charge in [-0.15, -0.1) is 0 Å². The first-order valence-electron chi connectivity index (χ1n) is 5.83. The Labute approximate surface area is 119 Å². The van der Waals surface area contributed by atoms with E-state index in [0.29, 0.717) is 0 Å². The highest BCUT2D eigenvalue weighted by molar-refractivity contribution is 9.10. The summed E-state index contributed by atoms with van der Waals surface area (Å²) in [6.45, 7) is 0.281. The minimum absolute atomic E-state index is 0.281. The van der Waals surface area contributed by atoms with Crippen molar-refractivity contribution in [2.75, 3.05) is 24.5 Å². The van der Waals surface area contributed by atoms with Crippen molar-refractivity contribution >= 4 is 33.0 Å². The van der Waals surface area contributed by atoms with Crippen molar-refractivity contribution in [3.63, 3.8) is 0 Å². The molecule has 1 heterocycles. The molecule has 5 heteroatoms. The Kier molecular flexibility index (Phi) is 2.98. The number of nitrogen functional groups attached to an aromatic ring is 1. The number of ether oxygens (including phenoxy) is 2. The standard InChI is InChI=1S/C14H13BrN2O2/c1-17(12-4-2-9(15)6-11(12)16)10-3-5-13-14(7-10)19-8-18-13/h2-7H,8,16H2,1H3. The highest BCUT2D eigenvalue weighted by Gasteiger charge is 2.16. The Morgan fingerprint density at radius 3 is 2.68 bits per heavy atom. The first kappa shape index (κ1) is 12.2. The minimum atomic E-state index is 0.281. The molecule has 0 saturated carbocycles. The molecule has 0 radical (unpaired) electrons. The SMILES string of the molecule is CN(c1ccc2c(c1)OCO2)c1ccc(Br)cc1N. The molecule has 0 saturated heterocycles. The van der Waals surface area contributed by atoms with Crippen molar-refractivity contribution in [3.8, 4) is 11.5 Å². The van der Waals surface area contributed by atoms with Crippen LogP contribution in [0, 0.1) is 0 Å². The first-order chi connectivity index (χ1) is 9.15. The molecular weight excluding hydrogens is 308 g/mol. The third kappa shape index (κ3) is 2.21. The predicted octanol–water partition coefficient (Wildman–Crippen LogP) is 3.53. The zero-order valence-corrected chi connectivity index (χ0v) is 12.0. The summed E-state index contributed by atoms with van der Waals surface area (Å²) in [6, 6.07) is 11.7. The molecule has 19 heavy (non-hydrogen) atoms. The van der Waals surface area contributed by atoms with Crippen molar-refractivity contribution in [1.29, 1.82) is 0 Å². The van der Waals surface area contributed by atoms with Crippen LogP contribution >= 0.6 is 15.9 Å². The Hall–Kier alpha value is -1.88. The summed E-state index contributed by atoms with van der Waals surface area (Å²) in [5, 5.41) is 0. The number of nitrogens with two attached hydrogens (primary N) is 1. The summed E-state index contributed by atoms with van der Waals surface area (Å²) in [7, 11) is 1.97. The lowest BCUT2D eigenvalue weighted by Crippen LogP contribution is -2.11. The van der Waals surface area contributed by atoms with Crippen molar-refractivity contribution in [1.82, 2.24) is 0 Å². The van der Waals surface area contributed by atoms with E-state index in [0.717, 1.165) is 33.0 Å². The van der Waals surface area contributed by atoms with E-state index >= 15 is 0 Å². The fraction of sp³-hybridized carbons (Fsp3) is 0.143. The number of rotatable bonds is 2. The van der Waals surface area contributed by atoms with Gasteiger partial charge < -0.3 is 20.1 Å². The van der Waals surface area contributed by atoms with E-state index in [1.807, 2.05) is 48.3 Å². The summed E-state index contributed by atoms with van der Waals surface area (Å²) in [6.07, 6.45) is 0. The van der Waals surface area contributed by atoms with Crippen molar-refractivity contribution < 1.29 is 9.47 Å². The van der Waals surface area contributed by atoms with Gasteiger partial charge in [-0.1, -0.05) is 15.9 Å². The van der Waals surface area contributed by atoms with Gasteiger partial charge in [0.2, 0.25) is 6.79 Å². The second-order valence-corrected chi connectivity index (χ2v) is 5.22. The quantitative estimate of drug-likeness (QED) is 0.860. The van der Waals surface area contributed by atoms with E-state index < -0.39 is 0 Å². The highest BCUT2D eigenvalue weighted by Crippen LogP contribution is 2.38. The number of hydrogen-bond donors (Lipinski definition) is 1. The van der Waals surface area contributed by atoms with Crippen LogP contribution in [-0.2, 0) is 0 Å². The van der Waals surface area contributed by atoms with Crippen LogP contribution in [-0.4, -0.2) is 13.8 Å². The lowest BCUT2D eigenvalue weighted by molar-refractivity contribution is 0.174. The van der Waals surface area contributed by atoms with E-state index in [1.165, 1.54) is 0 Å². The number of benzene rings is 2. The van der Waals surface area contributed by atoms with Gasteiger partial charge >= 0.3 is 0 Å². The molecule has 98 valence electrons. The van der Waals surface area contributed by atoms with Crippen LogP contribution in [0.1, 0.15) is 0 Å². The molecule has 0 fully saturated rings. The average molecular weight is 321 g/mol. The molecule has 2 N–H and O–H groups in total. The summed E-state index contributed by atoms with van der Waals surface area (Å²) < 4.78 is 11.7. The second-order valence-electron chi connectivity index (χ2n) is 4.30. The third-order valence-corrected chi connectivity index (χ3v) is 3.59. The van der Waals surface area contributed by atoms with Gasteiger partial charge in [0.05, 0.1) is 11.4 Å². The number of nitrogens with zero attached hydrogens (tertiary/aromatic N) is 1. The zero-order chi connectivity index (χ0) is 13.4. The Bertz CT molecular complexity index is 631. The molecule has 0 spiro atoms. The molecule has 0 bridgehead atoms. The lowest BCUT2D eigenvalue weighted by atomic mass is 10.2. The van der Waals surface area contributed by atoms with Crippen molar-refractivity contribution in [2.24, 2.45) is 0 Å². The number of anilines is 3. The maximum atomic E-state index is 6.04. The van der Waals surface area contributed by atoms with Gasteiger partial charge in [-0.05, 0) is 30.3 Å². The van der Waals surface area contributed by atoms with Crippen LogP contribution in [0.3, 0.4) is 0 Å². The van der Waals surface area contributed by atoms with Gasteiger partial charge in [0.15, 0.2) is 11.5 Å². The lowest BCUT2D eigenvalue weighted by Gasteiger charge is -2.21. The molecule has 0 aliphatic carbocycles. The number of hydrogen-bond acceptors (Lipinski definition) is 4. The molecule has 0 unspecified atom stereocenters. The van der Waals surface area contributed by atoms with Crippen molar-refractivity contribution in [2.45, 2.75) is 0 Å². The van der Waals surface area contributed by atoms with Crippen LogP contribution < -0.4 is 20.1 Å². The van der Waals surface area contributed by atoms with Gasteiger partial charge in [-0.2, -0.15) is 0 Å². The predicted molar refractivity (Wildman–Crippen MR) is 79.2 cm³/mol. The molecule has 4 nitrogen and oxygen atoms in total. The topological polar surface area (TPSA) is 47.7 Å². The van der Waals surface area contributed by atoms with Crippen molar-refractivity contribution in [3.05, 3.63) is 40.9 Å². The number of fused-ring (bicyclic) bond motifs is 1. The molecular formula is C14H13BrN2O2. The van der Waals surface area contributed by atoms with E-state index in [1.54, 1.807) is 0 Å². The smallest absolute Gasteiger partial charge is 0.231 e. The minimum Gasteiger partial charge on any atom is -0.454 e. The fourth-order valence-corrected chi connectivity index (χ4v) is 2.44. The van der Waals surface area contributed by atoms with E-state index in [9.17, 15) is 0 Å². The normalized spacial score (nSPS) is 12.5. The van der Waals surface area contributed by atoms with E-state index in [4.69, 9.17) is 15.2 Å². The van der Waals surface area contributed by atoms with Gasteiger partial charge in [-0.25, -0.2) is 0 Å². The molecule has 0 atom stereocenters. The molecule has 1 aliphatic heterocycles. The maximum Gasteiger partial charge on any atom is 0.231 e. The summed E-state index contributed by atoms with van der Waals surface area (Å²) in [5.74, 6) is 1.54. The van der Waals surface area contributed by atoms with E-state index in [-0.39, 0.29) is 6.79 Å². The maximum absolute atomic E-state index is 6.04. The Balaban J connectivity index is 1.97. The summed E-state index contributed by atoms with van der Waals surface area (Å²) >= 11 is 3.41. The monoisotopic (exact) mass is 320 g/mol. The molecule has 2 aromatic carbocycles. The number of halogens is 1. The second kappa shape index (κ2) is 4.66. The van der Waals surface area contributed by atoms with Gasteiger partial charge in [0.25, 0.3) is 0 Å². The first-order valence-corrected chi connectivity index (χ1v) is 6.63. The van der Waals surface area contributed by atoms with Crippen LogP contribution in [0.25, 0.3) is 0 Å². The van der Waals surface area contributed by atoms with E-state index in [2.05, 4.69) is 15.9 Å². The molecule has 1 aliphatic rings. The molecule has 0 aromatic heterocycles.